The Labute approximate surface area is 135 Å². The molecular formula is C17H34N2O3. The van der Waals surface area contributed by atoms with Crippen molar-refractivity contribution < 1.29 is 14.6 Å². The summed E-state index contributed by atoms with van der Waals surface area (Å²) in [5.41, 5.74) is -0.228. The Balaban J connectivity index is 2.29. The number of nitrogens with one attached hydrogen (secondary N) is 1. The zero-order valence-corrected chi connectivity index (χ0v) is 14.9. The molecule has 0 atom stereocenters. The van der Waals surface area contributed by atoms with Crippen LogP contribution in [-0.4, -0.2) is 54.0 Å². The summed E-state index contributed by atoms with van der Waals surface area (Å²) in [4.78, 5) is 13.8. The molecular weight excluding hydrogens is 280 g/mol. The Kier molecular flexibility index (Phi) is 7.13. The molecule has 1 saturated heterocycles. The van der Waals surface area contributed by atoms with Crippen molar-refractivity contribution in [2.75, 3.05) is 26.2 Å². The SMILES string of the molecule is CC(C)(CCCO)CNC1CCN(C(=O)OC(C)(C)C)CC1. The van der Waals surface area contributed by atoms with Gasteiger partial charge in [0.15, 0.2) is 0 Å². The number of rotatable bonds is 6. The normalized spacial score (nSPS) is 17.6. The minimum Gasteiger partial charge on any atom is -0.444 e. The number of aliphatic hydroxyl groups excluding tert-OH is 1. The molecule has 1 fully saturated rings. The van der Waals surface area contributed by atoms with Gasteiger partial charge in [0.05, 0.1) is 0 Å². The molecule has 1 rings (SSSR count). The van der Waals surface area contributed by atoms with Gasteiger partial charge in [-0.25, -0.2) is 4.79 Å². The molecule has 5 nitrogen and oxygen atoms in total. The van der Waals surface area contributed by atoms with Crippen LogP contribution in [0.2, 0.25) is 0 Å². The van der Waals surface area contributed by atoms with Gasteiger partial charge in [-0.15, -0.1) is 0 Å². The van der Waals surface area contributed by atoms with E-state index in [1.165, 1.54) is 0 Å². The average molecular weight is 314 g/mol. The summed E-state index contributed by atoms with van der Waals surface area (Å²) in [6.07, 6.45) is 3.61. The van der Waals surface area contributed by atoms with E-state index in [4.69, 9.17) is 9.84 Å². The van der Waals surface area contributed by atoms with Crippen molar-refractivity contribution in [3.63, 3.8) is 0 Å². The van der Waals surface area contributed by atoms with Crippen LogP contribution in [0.5, 0.6) is 0 Å². The summed E-state index contributed by atoms with van der Waals surface area (Å²) in [5, 5.41) is 12.6. The minimum absolute atomic E-state index is 0.199. The van der Waals surface area contributed by atoms with E-state index in [2.05, 4.69) is 19.2 Å². The molecule has 0 unspecified atom stereocenters. The van der Waals surface area contributed by atoms with Crippen molar-refractivity contribution in [1.29, 1.82) is 0 Å². The third kappa shape index (κ3) is 7.45. The predicted molar refractivity (Wildman–Crippen MR) is 88.9 cm³/mol. The van der Waals surface area contributed by atoms with Gasteiger partial charge in [-0.2, -0.15) is 0 Å². The first-order valence-electron chi connectivity index (χ1n) is 8.45. The fourth-order valence-electron chi connectivity index (χ4n) is 2.66. The maximum absolute atomic E-state index is 12.0. The summed E-state index contributed by atoms with van der Waals surface area (Å²) < 4.78 is 5.41. The lowest BCUT2D eigenvalue weighted by molar-refractivity contribution is 0.0196. The summed E-state index contributed by atoms with van der Waals surface area (Å²) in [6, 6.07) is 0.465. The van der Waals surface area contributed by atoms with Gasteiger partial charge in [-0.3, -0.25) is 0 Å². The number of ether oxygens (including phenoxy) is 1. The van der Waals surface area contributed by atoms with Crippen LogP contribution in [0.15, 0.2) is 0 Å². The van der Waals surface area contributed by atoms with Crippen molar-refractivity contribution in [3.8, 4) is 0 Å². The van der Waals surface area contributed by atoms with E-state index >= 15 is 0 Å². The highest BCUT2D eigenvalue weighted by Gasteiger charge is 2.27. The van der Waals surface area contributed by atoms with E-state index in [-0.39, 0.29) is 18.1 Å². The molecule has 0 radical (unpaired) electrons. The van der Waals surface area contributed by atoms with Gasteiger partial charge in [0, 0.05) is 32.3 Å². The van der Waals surface area contributed by atoms with Gasteiger partial charge < -0.3 is 20.1 Å². The fourth-order valence-corrected chi connectivity index (χ4v) is 2.66. The molecule has 1 amide bonds. The van der Waals surface area contributed by atoms with Crippen molar-refractivity contribution in [3.05, 3.63) is 0 Å². The van der Waals surface area contributed by atoms with Crippen LogP contribution in [0.25, 0.3) is 0 Å². The van der Waals surface area contributed by atoms with E-state index in [1.807, 2.05) is 20.8 Å². The topological polar surface area (TPSA) is 61.8 Å². The average Bonchev–Trinajstić information content (AvgIpc) is 2.42. The molecule has 0 spiro atoms. The highest BCUT2D eigenvalue weighted by Crippen LogP contribution is 2.22. The van der Waals surface area contributed by atoms with Gasteiger partial charge in [-0.1, -0.05) is 13.8 Å². The number of hydrogen-bond donors (Lipinski definition) is 2. The summed E-state index contributed by atoms with van der Waals surface area (Å²) >= 11 is 0. The summed E-state index contributed by atoms with van der Waals surface area (Å²) in [5.74, 6) is 0. The Bertz CT molecular complexity index is 342. The monoisotopic (exact) mass is 314 g/mol. The highest BCUT2D eigenvalue weighted by atomic mass is 16.6. The Morgan fingerprint density at radius 1 is 1.23 bits per heavy atom. The first kappa shape index (κ1) is 19.2. The van der Waals surface area contributed by atoms with Crippen LogP contribution in [0.4, 0.5) is 4.79 Å². The number of carbonyl (C=O) groups excluding carboxylic acids is 1. The Morgan fingerprint density at radius 3 is 2.32 bits per heavy atom. The van der Waals surface area contributed by atoms with E-state index in [9.17, 15) is 4.79 Å². The van der Waals surface area contributed by atoms with Crippen LogP contribution in [0.1, 0.15) is 60.3 Å². The number of amides is 1. The van der Waals surface area contributed by atoms with Crippen LogP contribution < -0.4 is 5.32 Å². The number of nitrogens with zero attached hydrogens (tertiary/aromatic N) is 1. The summed E-state index contributed by atoms with van der Waals surface area (Å²) in [6.45, 7) is 12.9. The Hall–Kier alpha value is -0.810. The van der Waals surface area contributed by atoms with Crippen molar-refractivity contribution in [2.45, 2.75) is 71.9 Å². The predicted octanol–water partition coefficient (Wildman–Crippen LogP) is 2.77. The second-order valence-electron chi connectivity index (χ2n) is 8.11. The van der Waals surface area contributed by atoms with E-state index in [1.54, 1.807) is 4.90 Å². The van der Waals surface area contributed by atoms with Crippen molar-refractivity contribution >= 4 is 6.09 Å². The molecule has 0 bridgehead atoms. The highest BCUT2D eigenvalue weighted by molar-refractivity contribution is 5.68. The third-order valence-electron chi connectivity index (χ3n) is 4.03. The molecule has 1 aliphatic rings. The van der Waals surface area contributed by atoms with Gasteiger partial charge in [0.25, 0.3) is 0 Å². The number of piperidine rings is 1. The first-order valence-corrected chi connectivity index (χ1v) is 8.45. The second kappa shape index (κ2) is 8.16. The van der Waals surface area contributed by atoms with Gasteiger partial charge in [-0.05, 0) is 51.9 Å². The number of hydrogen-bond acceptors (Lipinski definition) is 4. The van der Waals surface area contributed by atoms with Gasteiger partial charge in [0.2, 0.25) is 0 Å². The van der Waals surface area contributed by atoms with Crippen LogP contribution in [0, 0.1) is 5.41 Å². The number of aliphatic hydroxyl groups is 1. The standard InChI is InChI=1S/C17H34N2O3/c1-16(2,3)22-15(21)19-10-7-14(8-11-19)18-13-17(4,5)9-6-12-20/h14,18,20H,6-13H2,1-5H3. The molecule has 0 aromatic carbocycles. The molecule has 1 heterocycles. The zero-order valence-electron chi connectivity index (χ0n) is 14.9. The molecule has 22 heavy (non-hydrogen) atoms. The molecule has 0 aromatic rings. The molecule has 5 heteroatoms. The van der Waals surface area contributed by atoms with E-state index in [0.717, 1.165) is 45.3 Å². The lowest BCUT2D eigenvalue weighted by Gasteiger charge is -2.35. The third-order valence-corrected chi connectivity index (χ3v) is 4.03. The zero-order chi connectivity index (χ0) is 16.8. The van der Waals surface area contributed by atoms with Crippen LogP contribution >= 0.6 is 0 Å². The molecule has 130 valence electrons. The lowest BCUT2D eigenvalue weighted by atomic mass is 9.87. The Morgan fingerprint density at radius 2 is 1.82 bits per heavy atom. The van der Waals surface area contributed by atoms with Crippen molar-refractivity contribution in [1.82, 2.24) is 10.2 Å². The summed E-state index contributed by atoms with van der Waals surface area (Å²) in [7, 11) is 0. The maximum atomic E-state index is 12.0. The van der Waals surface area contributed by atoms with E-state index in [0.29, 0.717) is 6.04 Å². The minimum atomic E-state index is -0.428. The first-order chi connectivity index (χ1) is 10.1. The largest absolute Gasteiger partial charge is 0.444 e. The van der Waals surface area contributed by atoms with Crippen LogP contribution in [0.3, 0.4) is 0 Å². The maximum Gasteiger partial charge on any atom is 0.410 e. The lowest BCUT2D eigenvalue weighted by Crippen LogP contribution is -2.48. The molecule has 0 aromatic heterocycles. The number of carbonyl (C=O) groups is 1. The second-order valence-corrected chi connectivity index (χ2v) is 8.11. The molecule has 2 N–H and O–H groups in total. The van der Waals surface area contributed by atoms with Gasteiger partial charge >= 0.3 is 6.09 Å². The fraction of sp³-hybridized carbons (Fsp3) is 0.941. The molecule has 0 aliphatic carbocycles. The molecule has 1 aliphatic heterocycles. The smallest absolute Gasteiger partial charge is 0.410 e. The van der Waals surface area contributed by atoms with Crippen molar-refractivity contribution in [2.24, 2.45) is 5.41 Å². The van der Waals surface area contributed by atoms with E-state index < -0.39 is 5.60 Å². The van der Waals surface area contributed by atoms with Crippen LogP contribution in [-0.2, 0) is 4.74 Å². The molecule has 0 saturated carbocycles. The quantitative estimate of drug-likeness (QED) is 0.791. The van der Waals surface area contributed by atoms with Gasteiger partial charge in [0.1, 0.15) is 5.60 Å². The number of likely N-dealkylation sites (tertiary alicyclic amines) is 1.